The number of nitrogens with one attached hydrogen (secondary N) is 2. The Morgan fingerprint density at radius 1 is 1.34 bits per heavy atom. The fourth-order valence-electron chi connectivity index (χ4n) is 3.33. The van der Waals surface area contributed by atoms with Crippen molar-refractivity contribution in [2.24, 2.45) is 0 Å². The first-order valence-electron chi connectivity index (χ1n) is 10.0. The fourth-order valence-corrected chi connectivity index (χ4v) is 3.50. The van der Waals surface area contributed by atoms with E-state index in [4.69, 9.17) is 21.1 Å². The van der Waals surface area contributed by atoms with Gasteiger partial charge in [0.2, 0.25) is 0 Å². The second-order valence-corrected chi connectivity index (χ2v) is 7.56. The zero-order valence-corrected chi connectivity index (χ0v) is 18.0. The molecule has 0 spiro atoms. The lowest BCUT2D eigenvalue weighted by Crippen LogP contribution is -2.32. The molecule has 2 N–H and O–H groups in total. The Kier molecular flexibility index (Phi) is 6.77. The third kappa shape index (κ3) is 4.95. The van der Waals surface area contributed by atoms with Crippen molar-refractivity contribution in [2.45, 2.75) is 18.9 Å². The standard InChI is InChI=1S/C22H21ClFN5O3/c1-31-19-12-26-20(15-9-13(23)4-5-17(15)24)29-21(19)28-18-6-7-25-11-16(18)22(30)27-10-14-3-2-8-32-14/h4-7,9,11-12,14H,2-3,8,10H2,1H3,(H,27,30)(H,25,26,28,29)/t14-/m1/s1. The Labute approximate surface area is 189 Å². The van der Waals surface area contributed by atoms with E-state index in [1.165, 1.54) is 37.7 Å². The molecule has 1 fully saturated rings. The van der Waals surface area contributed by atoms with Crippen LogP contribution < -0.4 is 15.4 Å². The van der Waals surface area contributed by atoms with Gasteiger partial charge in [-0.05, 0) is 37.1 Å². The highest BCUT2D eigenvalue weighted by atomic mass is 35.5. The van der Waals surface area contributed by atoms with Crippen molar-refractivity contribution in [1.29, 1.82) is 0 Å². The Bertz CT molecular complexity index is 1120. The molecule has 1 aromatic carbocycles. The quantitative estimate of drug-likeness (QED) is 0.553. The van der Waals surface area contributed by atoms with Crippen LogP contribution in [-0.4, -0.2) is 47.2 Å². The lowest BCUT2D eigenvalue weighted by atomic mass is 10.2. The minimum atomic E-state index is -0.511. The zero-order chi connectivity index (χ0) is 22.5. The molecule has 32 heavy (non-hydrogen) atoms. The highest BCUT2D eigenvalue weighted by Crippen LogP contribution is 2.30. The third-order valence-electron chi connectivity index (χ3n) is 4.98. The van der Waals surface area contributed by atoms with Gasteiger partial charge in [-0.25, -0.2) is 14.4 Å². The molecule has 0 radical (unpaired) electrons. The van der Waals surface area contributed by atoms with Gasteiger partial charge in [0.05, 0.1) is 36.2 Å². The third-order valence-corrected chi connectivity index (χ3v) is 5.21. The number of hydrogen-bond donors (Lipinski definition) is 2. The molecule has 1 aliphatic heterocycles. The fraction of sp³-hybridized carbons (Fsp3) is 0.273. The van der Waals surface area contributed by atoms with Crippen molar-refractivity contribution < 1.29 is 18.7 Å². The Morgan fingerprint density at radius 3 is 3.00 bits per heavy atom. The lowest BCUT2D eigenvalue weighted by molar-refractivity contribution is 0.0858. The van der Waals surface area contributed by atoms with Crippen molar-refractivity contribution in [3.05, 3.63) is 59.3 Å². The van der Waals surface area contributed by atoms with Crippen molar-refractivity contribution in [1.82, 2.24) is 20.3 Å². The van der Waals surface area contributed by atoms with Crippen LogP contribution in [0.5, 0.6) is 5.75 Å². The summed E-state index contributed by atoms with van der Waals surface area (Å²) >= 11 is 6.00. The summed E-state index contributed by atoms with van der Waals surface area (Å²) < 4.78 is 25.2. The summed E-state index contributed by atoms with van der Waals surface area (Å²) in [6.45, 7) is 1.13. The summed E-state index contributed by atoms with van der Waals surface area (Å²) in [6.07, 6.45) is 6.35. The van der Waals surface area contributed by atoms with Crippen molar-refractivity contribution >= 4 is 29.0 Å². The van der Waals surface area contributed by atoms with Crippen LogP contribution in [0, 0.1) is 5.82 Å². The smallest absolute Gasteiger partial charge is 0.255 e. The van der Waals surface area contributed by atoms with Crippen LogP contribution >= 0.6 is 11.6 Å². The first-order chi connectivity index (χ1) is 15.5. The largest absolute Gasteiger partial charge is 0.491 e. The van der Waals surface area contributed by atoms with Gasteiger partial charge in [-0.2, -0.15) is 0 Å². The topological polar surface area (TPSA) is 98.3 Å². The molecule has 0 saturated carbocycles. The van der Waals surface area contributed by atoms with Crippen LogP contribution in [0.2, 0.25) is 5.02 Å². The van der Waals surface area contributed by atoms with Gasteiger partial charge in [-0.3, -0.25) is 9.78 Å². The molecule has 8 nitrogen and oxygen atoms in total. The second-order valence-electron chi connectivity index (χ2n) is 7.13. The highest BCUT2D eigenvalue weighted by Gasteiger charge is 2.20. The molecule has 0 bridgehead atoms. The maximum absolute atomic E-state index is 14.3. The molecular weight excluding hydrogens is 437 g/mol. The van der Waals surface area contributed by atoms with E-state index in [1.807, 2.05) is 0 Å². The predicted molar refractivity (Wildman–Crippen MR) is 118 cm³/mol. The summed E-state index contributed by atoms with van der Waals surface area (Å²) in [5.41, 5.74) is 0.925. The Morgan fingerprint density at radius 2 is 2.22 bits per heavy atom. The number of methoxy groups -OCH3 is 1. The first-order valence-corrected chi connectivity index (χ1v) is 10.4. The molecule has 0 unspecified atom stereocenters. The monoisotopic (exact) mass is 457 g/mol. The van der Waals surface area contributed by atoms with E-state index in [9.17, 15) is 9.18 Å². The van der Waals surface area contributed by atoms with Gasteiger partial charge in [0.15, 0.2) is 17.4 Å². The maximum atomic E-state index is 14.3. The van der Waals surface area contributed by atoms with Crippen LogP contribution in [0.25, 0.3) is 11.4 Å². The molecule has 2 aromatic heterocycles. The van der Waals surface area contributed by atoms with E-state index in [-0.39, 0.29) is 29.2 Å². The number of carbonyl (C=O) groups is 1. The summed E-state index contributed by atoms with van der Waals surface area (Å²) in [6, 6.07) is 5.78. The maximum Gasteiger partial charge on any atom is 0.255 e. The number of rotatable bonds is 7. The number of pyridine rings is 1. The average molecular weight is 458 g/mol. The number of carbonyl (C=O) groups excluding carboxylic acids is 1. The number of halogens is 2. The van der Waals surface area contributed by atoms with E-state index >= 15 is 0 Å². The minimum absolute atomic E-state index is 0.0177. The van der Waals surface area contributed by atoms with Crippen molar-refractivity contribution in [3.63, 3.8) is 0 Å². The lowest BCUT2D eigenvalue weighted by Gasteiger charge is -2.15. The number of aromatic nitrogens is 3. The van der Waals surface area contributed by atoms with E-state index in [0.29, 0.717) is 35.2 Å². The number of benzene rings is 1. The van der Waals surface area contributed by atoms with E-state index < -0.39 is 5.82 Å². The van der Waals surface area contributed by atoms with E-state index in [0.717, 1.165) is 12.8 Å². The molecule has 1 amide bonds. The summed E-state index contributed by atoms with van der Waals surface area (Å²) in [7, 11) is 1.46. The predicted octanol–water partition coefficient (Wildman–Crippen LogP) is 3.99. The van der Waals surface area contributed by atoms with E-state index in [2.05, 4.69) is 25.6 Å². The SMILES string of the molecule is COc1cnc(-c2cc(Cl)ccc2F)nc1Nc1ccncc1C(=O)NC[C@H]1CCCO1. The average Bonchev–Trinajstić information content (AvgIpc) is 3.33. The van der Waals surface area contributed by atoms with Crippen LogP contribution in [0.3, 0.4) is 0 Å². The first kappa shape index (κ1) is 21.9. The molecule has 10 heteroatoms. The summed E-state index contributed by atoms with van der Waals surface area (Å²) in [4.78, 5) is 25.4. The van der Waals surface area contributed by atoms with Crippen molar-refractivity contribution in [3.8, 4) is 17.1 Å². The highest BCUT2D eigenvalue weighted by molar-refractivity contribution is 6.30. The van der Waals surface area contributed by atoms with Gasteiger partial charge < -0.3 is 20.1 Å². The Balaban J connectivity index is 1.61. The molecule has 4 rings (SSSR count). The zero-order valence-electron chi connectivity index (χ0n) is 17.3. The molecule has 1 aliphatic rings. The molecule has 0 aliphatic carbocycles. The number of hydrogen-bond acceptors (Lipinski definition) is 7. The Hall–Kier alpha value is -3.30. The van der Waals surface area contributed by atoms with Crippen LogP contribution in [0.1, 0.15) is 23.2 Å². The molecule has 3 aromatic rings. The molecular formula is C22H21ClFN5O3. The molecule has 166 valence electrons. The normalized spacial score (nSPS) is 15.4. The summed E-state index contributed by atoms with van der Waals surface area (Å²) in [5.74, 6) is -0.115. The number of nitrogens with zero attached hydrogens (tertiary/aromatic N) is 3. The number of ether oxygens (including phenoxy) is 2. The van der Waals surface area contributed by atoms with Crippen LogP contribution in [-0.2, 0) is 4.74 Å². The molecule has 1 atom stereocenters. The van der Waals surface area contributed by atoms with Gasteiger partial charge >= 0.3 is 0 Å². The van der Waals surface area contributed by atoms with Crippen molar-refractivity contribution in [2.75, 3.05) is 25.6 Å². The van der Waals surface area contributed by atoms with Crippen LogP contribution in [0.15, 0.2) is 42.9 Å². The van der Waals surface area contributed by atoms with Gasteiger partial charge in [-0.1, -0.05) is 11.6 Å². The second kappa shape index (κ2) is 9.88. The number of amides is 1. The van der Waals surface area contributed by atoms with Crippen LogP contribution in [0.4, 0.5) is 15.9 Å². The number of anilines is 2. The van der Waals surface area contributed by atoms with Gasteiger partial charge in [0.25, 0.3) is 5.91 Å². The molecule has 3 heterocycles. The minimum Gasteiger partial charge on any atom is -0.491 e. The summed E-state index contributed by atoms with van der Waals surface area (Å²) in [5, 5.41) is 6.31. The van der Waals surface area contributed by atoms with Gasteiger partial charge in [0.1, 0.15) is 5.82 Å². The molecule has 1 saturated heterocycles. The van der Waals surface area contributed by atoms with Gasteiger partial charge in [0, 0.05) is 30.6 Å². The van der Waals surface area contributed by atoms with E-state index in [1.54, 1.807) is 12.3 Å². The van der Waals surface area contributed by atoms with Gasteiger partial charge in [-0.15, -0.1) is 0 Å².